The number of carbonyl (C=O) groups is 1. The topological polar surface area (TPSA) is 142 Å². The van der Waals surface area contributed by atoms with Crippen LogP contribution < -0.4 is 20.9 Å². The molecule has 32 heavy (non-hydrogen) atoms. The van der Waals surface area contributed by atoms with E-state index < -0.39 is 17.8 Å². The van der Waals surface area contributed by atoms with Crippen LogP contribution in [0, 0.1) is 11.2 Å². The number of primary amides is 1. The molecule has 0 spiro atoms. The minimum atomic E-state index is -0.826. The fraction of sp³-hybridized carbons (Fsp3) is 0.273. The Bertz CT molecular complexity index is 1240. The van der Waals surface area contributed by atoms with Crippen LogP contribution in [0.15, 0.2) is 35.3 Å². The van der Waals surface area contributed by atoms with Crippen LogP contribution in [0.2, 0.25) is 0 Å². The molecular weight excluding hydrogens is 415 g/mol. The lowest BCUT2D eigenvalue weighted by Crippen LogP contribution is -2.30. The maximum absolute atomic E-state index is 15.1. The number of imidazole rings is 1. The van der Waals surface area contributed by atoms with Crippen molar-refractivity contribution in [3.05, 3.63) is 41.7 Å². The number of hydrogen-bond donors (Lipinski definition) is 3. The molecule has 0 fully saturated rings. The van der Waals surface area contributed by atoms with Crippen LogP contribution in [0.25, 0.3) is 22.4 Å². The Morgan fingerprint density at radius 1 is 1.34 bits per heavy atom. The number of ether oxygens (including phenoxy) is 2. The lowest BCUT2D eigenvalue weighted by molar-refractivity contribution is -0.123. The number of benzene rings is 2. The maximum atomic E-state index is 15.1. The largest absolute Gasteiger partial charge is 0.491 e. The fourth-order valence-corrected chi connectivity index (χ4v) is 3.62. The quantitative estimate of drug-likeness (QED) is 0.401. The van der Waals surface area contributed by atoms with Crippen molar-refractivity contribution in [1.29, 1.82) is 5.41 Å². The zero-order valence-electron chi connectivity index (χ0n) is 17.5. The van der Waals surface area contributed by atoms with Crippen molar-refractivity contribution in [1.82, 2.24) is 9.55 Å². The molecule has 0 radical (unpaired) electrons. The molecule has 1 amide bonds. The summed E-state index contributed by atoms with van der Waals surface area (Å²) in [5, 5.41) is 7.03. The molecule has 1 aliphatic rings. The highest BCUT2D eigenvalue weighted by atomic mass is 19.1. The van der Waals surface area contributed by atoms with Gasteiger partial charge in [-0.25, -0.2) is 14.4 Å². The number of aromatic nitrogens is 2. The molecule has 10 heteroatoms. The van der Waals surface area contributed by atoms with Gasteiger partial charge in [0.25, 0.3) is 5.91 Å². The first-order valence-electron chi connectivity index (χ1n) is 10.1. The van der Waals surface area contributed by atoms with E-state index in [4.69, 9.17) is 26.4 Å². The number of nitrogens with one attached hydrogen (secondary N) is 1. The van der Waals surface area contributed by atoms with Gasteiger partial charge in [0.1, 0.15) is 40.8 Å². The van der Waals surface area contributed by atoms with Crippen molar-refractivity contribution >= 4 is 29.1 Å². The van der Waals surface area contributed by atoms with Crippen LogP contribution in [0.3, 0.4) is 0 Å². The third-order valence-corrected chi connectivity index (χ3v) is 5.24. The van der Waals surface area contributed by atoms with Crippen molar-refractivity contribution in [2.45, 2.75) is 32.4 Å². The SMILES string of the molecule is C[C@H](Oc1cc2c3c(c1)nc(-c1ccc(C(N)=NC=N)cc1F)n3CCCCO2)C(N)=O. The summed E-state index contributed by atoms with van der Waals surface area (Å²) < 4.78 is 28.6. The number of hydrogen-bond acceptors (Lipinski definition) is 5. The number of aryl methyl sites for hydroxylation is 1. The van der Waals surface area contributed by atoms with Gasteiger partial charge >= 0.3 is 0 Å². The van der Waals surface area contributed by atoms with E-state index in [0.29, 0.717) is 47.1 Å². The van der Waals surface area contributed by atoms with Crippen molar-refractivity contribution in [2.24, 2.45) is 16.5 Å². The van der Waals surface area contributed by atoms with Gasteiger partial charge in [0.2, 0.25) is 0 Å². The van der Waals surface area contributed by atoms with Crippen LogP contribution in [0.1, 0.15) is 25.3 Å². The Balaban J connectivity index is 1.86. The van der Waals surface area contributed by atoms with E-state index >= 15 is 4.39 Å². The summed E-state index contributed by atoms with van der Waals surface area (Å²) in [4.78, 5) is 19.8. The van der Waals surface area contributed by atoms with E-state index in [1.54, 1.807) is 31.2 Å². The second kappa shape index (κ2) is 8.66. The van der Waals surface area contributed by atoms with Crippen LogP contribution in [-0.2, 0) is 11.3 Å². The second-order valence-electron chi connectivity index (χ2n) is 7.43. The van der Waals surface area contributed by atoms with Gasteiger partial charge in [-0.05, 0) is 31.9 Å². The molecule has 4 rings (SSSR count). The molecule has 0 aliphatic carbocycles. The molecule has 0 unspecified atom stereocenters. The van der Waals surface area contributed by atoms with Gasteiger partial charge in [0, 0.05) is 24.2 Å². The number of rotatable bonds is 6. The lowest BCUT2D eigenvalue weighted by atomic mass is 10.1. The van der Waals surface area contributed by atoms with Crippen LogP contribution in [0.4, 0.5) is 4.39 Å². The van der Waals surface area contributed by atoms with Gasteiger partial charge in [-0.3, -0.25) is 10.2 Å². The van der Waals surface area contributed by atoms with Crippen LogP contribution in [-0.4, -0.2) is 40.3 Å². The molecule has 1 aromatic heterocycles. The first-order valence-corrected chi connectivity index (χ1v) is 10.1. The standard InChI is InChI=1S/C22H23FN6O3/c1-12(21(26)30)32-14-9-17-19-18(10-14)31-7-3-2-6-29(19)22(28-17)15-5-4-13(8-16(15)23)20(25)27-11-24/h4-5,8-12H,2-3,6-7H2,1H3,(H2,26,30)(H3,24,25,27)/t12-/m0/s1. The summed E-state index contributed by atoms with van der Waals surface area (Å²) in [5.74, 6) is 0.329. The van der Waals surface area contributed by atoms with E-state index in [2.05, 4.69) is 9.98 Å². The van der Waals surface area contributed by atoms with Crippen molar-refractivity contribution in [3.8, 4) is 22.9 Å². The summed E-state index contributed by atoms with van der Waals surface area (Å²) in [6.07, 6.45) is 1.64. The Kier molecular flexibility index (Phi) is 5.76. The minimum absolute atomic E-state index is 0.0504. The van der Waals surface area contributed by atoms with E-state index in [-0.39, 0.29) is 5.84 Å². The smallest absolute Gasteiger partial charge is 0.258 e. The number of aliphatic imine (C=N–C) groups is 1. The average molecular weight is 438 g/mol. The molecular formula is C22H23FN6O3. The Labute approximate surface area is 183 Å². The van der Waals surface area contributed by atoms with Gasteiger partial charge in [0.15, 0.2) is 6.10 Å². The molecule has 5 N–H and O–H groups in total. The highest BCUT2D eigenvalue weighted by Gasteiger charge is 2.23. The molecule has 166 valence electrons. The Morgan fingerprint density at radius 2 is 2.16 bits per heavy atom. The third-order valence-electron chi connectivity index (χ3n) is 5.24. The average Bonchev–Trinajstić information content (AvgIpc) is 3.09. The molecule has 0 saturated carbocycles. The van der Waals surface area contributed by atoms with E-state index in [1.165, 1.54) is 6.07 Å². The summed E-state index contributed by atoms with van der Waals surface area (Å²) in [5.41, 5.74) is 13.0. The van der Waals surface area contributed by atoms with Crippen molar-refractivity contribution in [3.63, 3.8) is 0 Å². The van der Waals surface area contributed by atoms with Crippen LogP contribution >= 0.6 is 0 Å². The zero-order chi connectivity index (χ0) is 22.8. The number of amidine groups is 1. The van der Waals surface area contributed by atoms with Gasteiger partial charge in [0.05, 0.1) is 17.7 Å². The monoisotopic (exact) mass is 438 g/mol. The number of amides is 1. The molecule has 2 heterocycles. The summed E-state index contributed by atoms with van der Waals surface area (Å²) >= 11 is 0. The van der Waals surface area contributed by atoms with Gasteiger partial charge in [-0.2, -0.15) is 0 Å². The number of nitrogens with zero attached hydrogens (tertiary/aromatic N) is 3. The molecule has 1 atom stereocenters. The highest BCUT2D eigenvalue weighted by molar-refractivity contribution is 6.01. The van der Waals surface area contributed by atoms with Crippen molar-refractivity contribution in [2.75, 3.05) is 6.61 Å². The van der Waals surface area contributed by atoms with E-state index in [0.717, 1.165) is 24.7 Å². The van der Waals surface area contributed by atoms with Crippen molar-refractivity contribution < 1.29 is 18.7 Å². The minimum Gasteiger partial charge on any atom is -0.491 e. The summed E-state index contributed by atoms with van der Waals surface area (Å²) in [6, 6.07) is 7.88. The predicted molar refractivity (Wildman–Crippen MR) is 119 cm³/mol. The number of nitrogens with two attached hydrogens (primary N) is 2. The Hall–Kier alpha value is -3.95. The molecule has 2 aromatic carbocycles. The first kappa shape index (κ1) is 21.3. The first-order chi connectivity index (χ1) is 15.4. The van der Waals surface area contributed by atoms with Gasteiger partial charge in [-0.1, -0.05) is 6.07 Å². The summed E-state index contributed by atoms with van der Waals surface area (Å²) in [7, 11) is 0. The molecule has 1 aliphatic heterocycles. The van der Waals surface area contributed by atoms with Crippen LogP contribution in [0.5, 0.6) is 11.5 Å². The maximum Gasteiger partial charge on any atom is 0.258 e. The third kappa shape index (κ3) is 3.98. The van der Waals surface area contributed by atoms with Gasteiger partial charge in [-0.15, -0.1) is 0 Å². The Morgan fingerprint density at radius 3 is 2.88 bits per heavy atom. The normalized spacial score (nSPS) is 14.9. The van der Waals surface area contributed by atoms with Gasteiger partial charge < -0.3 is 25.5 Å². The second-order valence-corrected chi connectivity index (χ2v) is 7.43. The fourth-order valence-electron chi connectivity index (χ4n) is 3.62. The zero-order valence-corrected chi connectivity index (χ0v) is 17.5. The molecule has 0 saturated heterocycles. The van der Waals surface area contributed by atoms with E-state index in [9.17, 15) is 4.79 Å². The predicted octanol–water partition coefficient (Wildman–Crippen LogP) is 2.58. The number of halogens is 1. The molecule has 0 bridgehead atoms. The summed E-state index contributed by atoms with van der Waals surface area (Å²) in [6.45, 7) is 2.72. The molecule has 9 nitrogen and oxygen atoms in total. The van der Waals surface area contributed by atoms with E-state index in [1.807, 2.05) is 4.57 Å². The molecule has 3 aromatic rings. The number of carbonyl (C=O) groups excluding carboxylic acids is 1. The highest BCUT2D eigenvalue weighted by Crippen LogP contribution is 2.37. The lowest BCUT2D eigenvalue weighted by Gasteiger charge is -2.18.